The van der Waals surface area contributed by atoms with Gasteiger partial charge in [0.15, 0.2) is 0 Å². The third-order valence-electron chi connectivity index (χ3n) is 2.54. The maximum atomic E-state index is 11.6. The monoisotopic (exact) mass is 270 g/mol. The number of ether oxygens (including phenoxy) is 2. The second-order valence-corrected chi connectivity index (χ2v) is 3.98. The molecule has 0 aromatic rings. The number of methoxy groups -OCH3 is 2. The molecule has 0 rings (SSSR count). The topological polar surface area (TPSA) is 105 Å². The van der Waals surface area contributed by atoms with Crippen molar-refractivity contribution in [2.45, 2.75) is 32.2 Å². The van der Waals surface area contributed by atoms with E-state index in [1.54, 1.807) is 6.92 Å². The lowest BCUT2D eigenvalue weighted by molar-refractivity contribution is -0.146. The van der Waals surface area contributed by atoms with Crippen molar-refractivity contribution in [3.8, 4) is 6.07 Å². The summed E-state index contributed by atoms with van der Waals surface area (Å²) in [7, 11) is 2.43. The summed E-state index contributed by atoms with van der Waals surface area (Å²) in [6, 6.07) is 1.03. The average molecular weight is 270 g/mol. The molecule has 0 heterocycles. The molecule has 1 amide bonds. The molecular formula is C12H18N2O5. The Labute approximate surface area is 111 Å². The van der Waals surface area contributed by atoms with E-state index < -0.39 is 23.9 Å². The fourth-order valence-electron chi connectivity index (χ4n) is 1.39. The summed E-state index contributed by atoms with van der Waals surface area (Å²) in [5.74, 6) is -1.96. The number of esters is 2. The summed E-state index contributed by atoms with van der Waals surface area (Å²) >= 11 is 0. The van der Waals surface area contributed by atoms with E-state index in [9.17, 15) is 14.4 Å². The molecule has 0 saturated carbocycles. The first-order chi connectivity index (χ1) is 8.96. The number of hydrogen-bond donors (Lipinski definition) is 1. The van der Waals surface area contributed by atoms with Gasteiger partial charge in [0, 0.05) is 18.8 Å². The Balaban J connectivity index is 4.48. The van der Waals surface area contributed by atoms with Crippen molar-refractivity contribution in [2.75, 3.05) is 14.2 Å². The van der Waals surface area contributed by atoms with E-state index in [-0.39, 0.29) is 25.2 Å². The van der Waals surface area contributed by atoms with Crippen LogP contribution in [0.5, 0.6) is 0 Å². The van der Waals surface area contributed by atoms with Crippen molar-refractivity contribution >= 4 is 17.8 Å². The summed E-state index contributed by atoms with van der Waals surface area (Å²) < 4.78 is 8.98. The number of amides is 1. The Hall–Kier alpha value is -2.10. The van der Waals surface area contributed by atoms with Crippen LogP contribution in [-0.2, 0) is 23.9 Å². The van der Waals surface area contributed by atoms with Gasteiger partial charge in [0.25, 0.3) is 0 Å². The van der Waals surface area contributed by atoms with E-state index in [1.807, 2.05) is 6.07 Å². The zero-order valence-electron chi connectivity index (χ0n) is 11.3. The summed E-state index contributed by atoms with van der Waals surface area (Å²) in [6.07, 6.45) is -0.0423. The van der Waals surface area contributed by atoms with Crippen molar-refractivity contribution in [3.63, 3.8) is 0 Å². The van der Waals surface area contributed by atoms with Crippen LogP contribution in [0.25, 0.3) is 0 Å². The Kier molecular flexibility index (Phi) is 7.93. The Morgan fingerprint density at radius 1 is 1.21 bits per heavy atom. The molecule has 0 spiro atoms. The van der Waals surface area contributed by atoms with E-state index in [0.29, 0.717) is 0 Å². The first-order valence-corrected chi connectivity index (χ1v) is 5.77. The fraction of sp³-hybridized carbons (Fsp3) is 0.667. The van der Waals surface area contributed by atoms with Gasteiger partial charge in [0.2, 0.25) is 5.91 Å². The van der Waals surface area contributed by atoms with Gasteiger partial charge in [-0.05, 0) is 0 Å². The van der Waals surface area contributed by atoms with Crippen molar-refractivity contribution in [1.82, 2.24) is 5.32 Å². The van der Waals surface area contributed by atoms with Crippen molar-refractivity contribution < 1.29 is 23.9 Å². The SMILES string of the molecule is COC(=O)CCC(=O)N[C@H](C(=O)OC)[C@H](C)CC#N. The zero-order valence-corrected chi connectivity index (χ0v) is 11.3. The molecule has 0 aliphatic carbocycles. The molecule has 106 valence electrons. The molecule has 0 radical (unpaired) electrons. The molecule has 0 saturated heterocycles. The van der Waals surface area contributed by atoms with Gasteiger partial charge in [-0.1, -0.05) is 6.92 Å². The molecule has 0 aliphatic rings. The van der Waals surface area contributed by atoms with Crippen LogP contribution >= 0.6 is 0 Å². The van der Waals surface area contributed by atoms with Crippen LogP contribution in [0, 0.1) is 17.2 Å². The third-order valence-corrected chi connectivity index (χ3v) is 2.54. The van der Waals surface area contributed by atoms with Crippen LogP contribution in [0.1, 0.15) is 26.2 Å². The minimum Gasteiger partial charge on any atom is -0.469 e. The lowest BCUT2D eigenvalue weighted by Gasteiger charge is -2.20. The van der Waals surface area contributed by atoms with Gasteiger partial charge in [-0.15, -0.1) is 0 Å². The number of nitrogens with zero attached hydrogens (tertiary/aromatic N) is 1. The predicted octanol–water partition coefficient (Wildman–Crippen LogP) is 0.147. The highest BCUT2D eigenvalue weighted by Gasteiger charge is 2.27. The normalized spacial score (nSPS) is 12.7. The highest BCUT2D eigenvalue weighted by Crippen LogP contribution is 2.09. The summed E-state index contributed by atoms with van der Waals surface area (Å²) in [5.41, 5.74) is 0. The smallest absolute Gasteiger partial charge is 0.328 e. The van der Waals surface area contributed by atoms with E-state index >= 15 is 0 Å². The summed E-state index contributed by atoms with van der Waals surface area (Å²) in [5, 5.41) is 11.1. The average Bonchev–Trinajstić information content (AvgIpc) is 2.41. The van der Waals surface area contributed by atoms with E-state index in [1.165, 1.54) is 14.2 Å². The van der Waals surface area contributed by atoms with Gasteiger partial charge in [0.05, 0.1) is 26.7 Å². The lowest BCUT2D eigenvalue weighted by atomic mass is 9.99. The Morgan fingerprint density at radius 2 is 1.84 bits per heavy atom. The van der Waals surface area contributed by atoms with Crippen LogP contribution in [0.3, 0.4) is 0 Å². The highest BCUT2D eigenvalue weighted by atomic mass is 16.5. The molecule has 7 heteroatoms. The maximum absolute atomic E-state index is 11.6. The molecule has 19 heavy (non-hydrogen) atoms. The molecule has 0 aliphatic heterocycles. The minimum absolute atomic E-state index is 0.0666. The zero-order chi connectivity index (χ0) is 14.8. The molecule has 0 unspecified atom stereocenters. The van der Waals surface area contributed by atoms with Gasteiger partial charge in [-0.3, -0.25) is 9.59 Å². The first kappa shape index (κ1) is 16.9. The van der Waals surface area contributed by atoms with Gasteiger partial charge >= 0.3 is 11.9 Å². The van der Waals surface area contributed by atoms with Gasteiger partial charge in [-0.2, -0.15) is 5.26 Å². The number of hydrogen-bond acceptors (Lipinski definition) is 6. The standard InChI is InChI=1S/C12H18N2O5/c1-8(6-7-13)11(12(17)19-3)14-9(15)4-5-10(16)18-2/h8,11H,4-6H2,1-3H3,(H,14,15)/t8-,11+/m1/s1. The molecule has 0 fully saturated rings. The number of nitrogens with one attached hydrogen (secondary N) is 1. The molecule has 0 aromatic carbocycles. The summed E-state index contributed by atoms with van der Waals surface area (Å²) in [4.78, 5) is 34.0. The Bertz CT molecular complexity index is 375. The molecule has 2 atom stereocenters. The third kappa shape index (κ3) is 6.41. The van der Waals surface area contributed by atoms with Crippen LogP contribution in [0.15, 0.2) is 0 Å². The van der Waals surface area contributed by atoms with Gasteiger partial charge in [0.1, 0.15) is 6.04 Å². The summed E-state index contributed by atoms with van der Waals surface area (Å²) in [6.45, 7) is 1.66. The van der Waals surface area contributed by atoms with Gasteiger partial charge < -0.3 is 14.8 Å². The number of nitriles is 1. The van der Waals surface area contributed by atoms with E-state index in [2.05, 4.69) is 14.8 Å². The predicted molar refractivity (Wildman–Crippen MR) is 64.6 cm³/mol. The second kappa shape index (κ2) is 8.91. The molecule has 0 bridgehead atoms. The van der Waals surface area contributed by atoms with Gasteiger partial charge in [-0.25, -0.2) is 4.79 Å². The highest BCUT2D eigenvalue weighted by molar-refractivity contribution is 5.86. The van der Waals surface area contributed by atoms with Crippen LogP contribution in [-0.4, -0.2) is 38.1 Å². The van der Waals surface area contributed by atoms with Crippen molar-refractivity contribution in [3.05, 3.63) is 0 Å². The Morgan fingerprint density at radius 3 is 2.32 bits per heavy atom. The molecule has 0 aromatic heterocycles. The quantitative estimate of drug-likeness (QED) is 0.660. The van der Waals surface area contributed by atoms with E-state index in [0.717, 1.165) is 0 Å². The van der Waals surface area contributed by atoms with E-state index in [4.69, 9.17) is 5.26 Å². The minimum atomic E-state index is -0.894. The van der Waals surface area contributed by atoms with Crippen LogP contribution in [0.4, 0.5) is 0 Å². The fourth-order valence-corrected chi connectivity index (χ4v) is 1.39. The number of carbonyl (C=O) groups excluding carboxylic acids is 3. The van der Waals surface area contributed by atoms with Crippen molar-refractivity contribution in [1.29, 1.82) is 5.26 Å². The maximum Gasteiger partial charge on any atom is 0.328 e. The molecule has 1 N–H and O–H groups in total. The van der Waals surface area contributed by atoms with Crippen LogP contribution < -0.4 is 5.32 Å². The lowest BCUT2D eigenvalue weighted by Crippen LogP contribution is -2.45. The largest absolute Gasteiger partial charge is 0.469 e. The molecule has 7 nitrogen and oxygen atoms in total. The number of rotatable bonds is 7. The van der Waals surface area contributed by atoms with Crippen LogP contribution in [0.2, 0.25) is 0 Å². The second-order valence-electron chi connectivity index (χ2n) is 3.98. The molecular weight excluding hydrogens is 252 g/mol. The number of carbonyl (C=O) groups is 3. The van der Waals surface area contributed by atoms with Crippen molar-refractivity contribution in [2.24, 2.45) is 5.92 Å². The first-order valence-electron chi connectivity index (χ1n) is 5.77.